The molecule has 2 aliphatic rings. The molecule has 27 heavy (non-hydrogen) atoms. The molecule has 2 saturated carbocycles. The van der Waals surface area contributed by atoms with E-state index in [0.717, 1.165) is 0 Å². The van der Waals surface area contributed by atoms with Crippen LogP contribution in [0.3, 0.4) is 0 Å². The van der Waals surface area contributed by atoms with E-state index in [1.54, 1.807) is 0 Å². The maximum Gasteiger partial charge on any atom is 0.0861 e. The van der Waals surface area contributed by atoms with E-state index in [0.29, 0.717) is 11.8 Å². The van der Waals surface area contributed by atoms with Gasteiger partial charge in [0.2, 0.25) is 0 Å². The van der Waals surface area contributed by atoms with Crippen LogP contribution in [-0.2, 0) is 4.74 Å². The number of hydrogen-bond donors (Lipinski definition) is 0. The lowest BCUT2D eigenvalue weighted by atomic mass is 9.80. The lowest BCUT2D eigenvalue weighted by Gasteiger charge is -2.38. The average Bonchev–Trinajstić information content (AvgIpc) is 2.77. The molecule has 0 saturated heterocycles. The van der Waals surface area contributed by atoms with Crippen molar-refractivity contribution in [2.45, 2.75) is 76.4 Å². The van der Waals surface area contributed by atoms with Gasteiger partial charge in [-0.25, -0.2) is 0 Å². The molecule has 4 rings (SSSR count). The summed E-state index contributed by atoms with van der Waals surface area (Å²) in [4.78, 5) is 0. The predicted molar refractivity (Wildman–Crippen MR) is 113 cm³/mol. The van der Waals surface area contributed by atoms with Gasteiger partial charge in [-0.3, -0.25) is 0 Å². The molecule has 2 aliphatic carbocycles. The van der Waals surface area contributed by atoms with Crippen molar-refractivity contribution in [3.63, 3.8) is 0 Å². The average molecular weight is 363 g/mol. The van der Waals surface area contributed by atoms with Gasteiger partial charge in [0.15, 0.2) is 0 Å². The van der Waals surface area contributed by atoms with Gasteiger partial charge in [0.05, 0.1) is 12.2 Å². The summed E-state index contributed by atoms with van der Waals surface area (Å²) in [5.74, 6) is 1.33. The molecule has 2 fully saturated rings. The zero-order valence-electron chi connectivity index (χ0n) is 16.6. The molecule has 0 aliphatic heterocycles. The van der Waals surface area contributed by atoms with E-state index in [4.69, 9.17) is 4.74 Å². The van der Waals surface area contributed by atoms with Crippen molar-refractivity contribution in [3.05, 3.63) is 71.8 Å². The molecule has 0 heterocycles. The van der Waals surface area contributed by atoms with Crippen LogP contribution in [0, 0.1) is 11.8 Å². The summed E-state index contributed by atoms with van der Waals surface area (Å²) in [5.41, 5.74) is 2.75. The molecule has 0 N–H and O–H groups in total. The molecule has 2 atom stereocenters. The summed E-state index contributed by atoms with van der Waals surface area (Å²) in [7, 11) is 0. The van der Waals surface area contributed by atoms with Gasteiger partial charge in [-0.1, -0.05) is 99.2 Å². The topological polar surface area (TPSA) is 9.23 Å². The Hall–Kier alpha value is -1.60. The van der Waals surface area contributed by atoms with Crippen LogP contribution in [0.4, 0.5) is 0 Å². The van der Waals surface area contributed by atoms with E-state index >= 15 is 0 Å². The Balaban J connectivity index is 1.62. The molecule has 144 valence electrons. The summed E-state index contributed by atoms with van der Waals surface area (Å²) >= 11 is 0. The quantitative estimate of drug-likeness (QED) is 0.513. The van der Waals surface area contributed by atoms with Crippen molar-refractivity contribution in [1.29, 1.82) is 0 Å². The Kier molecular flexibility index (Phi) is 6.63. The largest absolute Gasteiger partial charge is 0.365 e. The highest BCUT2D eigenvalue weighted by molar-refractivity contribution is 5.21. The normalized spacial score (nSPS) is 21.6. The second-order valence-corrected chi connectivity index (χ2v) is 8.59. The van der Waals surface area contributed by atoms with Crippen molar-refractivity contribution in [3.8, 4) is 0 Å². The van der Waals surface area contributed by atoms with E-state index in [1.165, 1.54) is 75.3 Å². The molecular weight excluding hydrogens is 328 g/mol. The zero-order valence-corrected chi connectivity index (χ0v) is 16.6. The monoisotopic (exact) mass is 362 g/mol. The van der Waals surface area contributed by atoms with Crippen LogP contribution in [0.2, 0.25) is 0 Å². The minimum Gasteiger partial charge on any atom is -0.365 e. The first-order valence-electron chi connectivity index (χ1n) is 11.2. The van der Waals surface area contributed by atoms with Crippen molar-refractivity contribution in [2.24, 2.45) is 11.8 Å². The first-order valence-corrected chi connectivity index (χ1v) is 11.2. The molecule has 0 amide bonds. The van der Waals surface area contributed by atoms with Gasteiger partial charge >= 0.3 is 0 Å². The van der Waals surface area contributed by atoms with Crippen molar-refractivity contribution >= 4 is 0 Å². The number of rotatable bonds is 6. The third-order valence-corrected chi connectivity index (χ3v) is 6.71. The summed E-state index contributed by atoms with van der Waals surface area (Å²) in [6, 6.07) is 22.1. The van der Waals surface area contributed by atoms with Crippen LogP contribution < -0.4 is 0 Å². The number of benzene rings is 2. The van der Waals surface area contributed by atoms with Gasteiger partial charge < -0.3 is 4.74 Å². The summed E-state index contributed by atoms with van der Waals surface area (Å²) in [5, 5.41) is 0. The third-order valence-electron chi connectivity index (χ3n) is 6.71. The highest BCUT2D eigenvalue weighted by atomic mass is 16.5. The predicted octanol–water partition coefficient (Wildman–Crippen LogP) is 7.65. The Morgan fingerprint density at radius 3 is 1.26 bits per heavy atom. The second-order valence-electron chi connectivity index (χ2n) is 8.59. The Morgan fingerprint density at radius 1 is 0.519 bits per heavy atom. The van der Waals surface area contributed by atoms with Crippen LogP contribution in [-0.4, -0.2) is 0 Å². The van der Waals surface area contributed by atoms with Gasteiger partial charge in [-0.15, -0.1) is 0 Å². The van der Waals surface area contributed by atoms with Crippen LogP contribution in [0.25, 0.3) is 0 Å². The molecule has 2 unspecified atom stereocenters. The molecule has 2 aromatic rings. The Morgan fingerprint density at radius 2 is 0.889 bits per heavy atom. The Bertz CT molecular complexity index is 594. The van der Waals surface area contributed by atoms with Gasteiger partial charge in [-0.2, -0.15) is 0 Å². The summed E-state index contributed by atoms with van der Waals surface area (Å²) in [6.07, 6.45) is 13.9. The first-order chi connectivity index (χ1) is 13.4. The molecule has 0 spiro atoms. The lowest BCUT2D eigenvalue weighted by Crippen LogP contribution is -2.26. The van der Waals surface area contributed by atoms with Crippen LogP contribution in [0.1, 0.15) is 87.5 Å². The summed E-state index contributed by atoms with van der Waals surface area (Å²) in [6.45, 7) is 0. The van der Waals surface area contributed by atoms with E-state index in [-0.39, 0.29) is 12.2 Å². The van der Waals surface area contributed by atoms with Crippen molar-refractivity contribution in [1.82, 2.24) is 0 Å². The fraction of sp³-hybridized carbons (Fsp3) is 0.538. The molecular formula is C26H34O. The highest BCUT2D eigenvalue weighted by Crippen LogP contribution is 2.44. The molecule has 0 bridgehead atoms. The first kappa shape index (κ1) is 18.7. The minimum absolute atomic E-state index is 0.235. The third kappa shape index (κ3) is 4.82. The van der Waals surface area contributed by atoms with Crippen LogP contribution in [0.5, 0.6) is 0 Å². The van der Waals surface area contributed by atoms with Gasteiger partial charge in [-0.05, 0) is 48.6 Å². The molecule has 1 nitrogen and oxygen atoms in total. The van der Waals surface area contributed by atoms with E-state index in [1.807, 2.05) is 0 Å². The lowest BCUT2D eigenvalue weighted by molar-refractivity contribution is -0.0863. The molecule has 1 heteroatoms. The fourth-order valence-electron chi connectivity index (χ4n) is 5.24. The van der Waals surface area contributed by atoms with E-state index in [9.17, 15) is 0 Å². The standard InChI is InChI=1S/C26H34O/c1-5-13-21(14-6-1)25(22-15-7-2-8-16-22)27-26(23-17-9-3-10-18-23)24-19-11-4-12-20-24/h1,3,5-6,9-10,13-14,17-18,22,24-26H,2,4,7-8,11-12,15-16,19-20H2. The van der Waals surface area contributed by atoms with Crippen LogP contribution in [0.15, 0.2) is 60.7 Å². The van der Waals surface area contributed by atoms with Gasteiger partial charge in [0.25, 0.3) is 0 Å². The Labute approximate surface area is 165 Å². The fourth-order valence-corrected chi connectivity index (χ4v) is 5.24. The maximum absolute atomic E-state index is 7.10. The van der Waals surface area contributed by atoms with Crippen molar-refractivity contribution < 1.29 is 4.74 Å². The minimum atomic E-state index is 0.235. The van der Waals surface area contributed by atoms with Gasteiger partial charge in [0, 0.05) is 0 Å². The second kappa shape index (κ2) is 9.55. The van der Waals surface area contributed by atoms with Gasteiger partial charge in [0.1, 0.15) is 0 Å². The SMILES string of the molecule is c1ccc(C(OC(c2ccccc2)C2CCCCC2)C2CCCCC2)cc1. The number of ether oxygens (including phenoxy) is 1. The van der Waals surface area contributed by atoms with E-state index in [2.05, 4.69) is 60.7 Å². The van der Waals surface area contributed by atoms with Crippen LogP contribution >= 0.6 is 0 Å². The maximum atomic E-state index is 7.10. The molecule has 2 aromatic carbocycles. The summed E-state index contributed by atoms with van der Waals surface area (Å²) < 4.78 is 7.10. The molecule has 0 radical (unpaired) electrons. The molecule has 0 aromatic heterocycles. The highest BCUT2D eigenvalue weighted by Gasteiger charge is 2.33. The van der Waals surface area contributed by atoms with E-state index < -0.39 is 0 Å². The van der Waals surface area contributed by atoms with Crippen molar-refractivity contribution in [2.75, 3.05) is 0 Å². The number of hydrogen-bond acceptors (Lipinski definition) is 1. The zero-order chi connectivity index (χ0) is 18.3. The smallest absolute Gasteiger partial charge is 0.0861 e.